The summed E-state index contributed by atoms with van der Waals surface area (Å²) in [5.41, 5.74) is 3.63. The monoisotopic (exact) mass is 454 g/mol. The molecule has 0 saturated carbocycles. The number of pyridine rings is 1. The van der Waals surface area contributed by atoms with Crippen molar-refractivity contribution in [2.75, 3.05) is 25.5 Å². The molecule has 1 aliphatic rings. The van der Waals surface area contributed by atoms with Crippen LogP contribution in [0.15, 0.2) is 47.0 Å². The number of nitrogens with zero attached hydrogens (tertiary/aromatic N) is 3. The third-order valence-electron chi connectivity index (χ3n) is 5.59. The van der Waals surface area contributed by atoms with Crippen LogP contribution >= 0.6 is 12.4 Å². The molecule has 8 heteroatoms. The quantitative estimate of drug-likeness (QED) is 0.603. The number of furan rings is 1. The Kier molecular flexibility index (Phi) is 7.20. The molecule has 1 N–H and O–H groups in total. The van der Waals surface area contributed by atoms with Gasteiger partial charge in [-0.15, -0.1) is 12.4 Å². The van der Waals surface area contributed by atoms with Gasteiger partial charge in [-0.2, -0.15) is 0 Å². The van der Waals surface area contributed by atoms with Crippen LogP contribution in [0.25, 0.3) is 17.0 Å². The molecule has 7 nitrogen and oxygen atoms in total. The molecule has 0 bridgehead atoms. The Bertz CT molecular complexity index is 1170. The molecule has 3 heterocycles. The lowest BCUT2D eigenvalue weighted by Crippen LogP contribution is -2.30. The largest absolute Gasteiger partial charge is 0.459 e. The Morgan fingerprint density at radius 3 is 2.84 bits per heavy atom. The summed E-state index contributed by atoms with van der Waals surface area (Å²) in [6.45, 7) is 5.78. The van der Waals surface area contributed by atoms with Crippen LogP contribution < -0.4 is 5.32 Å². The van der Waals surface area contributed by atoms with Gasteiger partial charge in [-0.25, -0.2) is 4.98 Å². The molecule has 1 aliphatic heterocycles. The molecular weight excluding hydrogens is 428 g/mol. The van der Waals surface area contributed by atoms with Crippen LogP contribution in [0.2, 0.25) is 0 Å². The molecule has 4 rings (SSSR count). The first kappa shape index (κ1) is 23.3. The van der Waals surface area contributed by atoms with Crippen LogP contribution in [0.5, 0.6) is 0 Å². The molecule has 0 aliphatic carbocycles. The van der Waals surface area contributed by atoms with E-state index >= 15 is 0 Å². The van der Waals surface area contributed by atoms with E-state index < -0.39 is 0 Å². The van der Waals surface area contributed by atoms with Gasteiger partial charge in [0.15, 0.2) is 0 Å². The molecule has 32 heavy (non-hydrogen) atoms. The predicted octanol–water partition coefficient (Wildman–Crippen LogP) is 4.00. The average Bonchev–Trinajstić information content (AvgIpc) is 2.94. The highest BCUT2D eigenvalue weighted by Crippen LogP contribution is 2.26. The normalized spacial score (nSPS) is 13.3. The van der Waals surface area contributed by atoms with Gasteiger partial charge in [-0.3, -0.25) is 9.59 Å². The van der Waals surface area contributed by atoms with Crippen molar-refractivity contribution >= 4 is 47.1 Å². The van der Waals surface area contributed by atoms with Crippen molar-refractivity contribution in [2.24, 2.45) is 0 Å². The van der Waals surface area contributed by atoms with E-state index in [-0.39, 0.29) is 24.2 Å². The first-order chi connectivity index (χ1) is 14.9. The molecule has 0 fully saturated rings. The van der Waals surface area contributed by atoms with Crippen molar-refractivity contribution in [1.82, 2.24) is 14.8 Å². The topological polar surface area (TPSA) is 78.7 Å². The number of halogens is 1. The van der Waals surface area contributed by atoms with Crippen molar-refractivity contribution in [1.29, 1.82) is 0 Å². The summed E-state index contributed by atoms with van der Waals surface area (Å²) in [7, 11) is 1.75. The maximum Gasteiger partial charge on any atom is 0.246 e. The second kappa shape index (κ2) is 9.87. The average molecular weight is 455 g/mol. The Labute approximate surface area is 193 Å². The SMILES string of the molecule is CC(=O)N1CCNc2ncc(/C=C/C(=O)N(C)Cc3oc4ccccc4c3C)cc2C1.Cl. The Hall–Kier alpha value is -3.32. The zero-order chi connectivity index (χ0) is 22.0. The van der Waals surface area contributed by atoms with E-state index in [0.717, 1.165) is 39.2 Å². The summed E-state index contributed by atoms with van der Waals surface area (Å²) in [6.07, 6.45) is 5.01. The summed E-state index contributed by atoms with van der Waals surface area (Å²) in [6, 6.07) is 9.83. The standard InChI is InChI=1S/C24H26N4O3.ClH/c1-16-20-6-4-5-7-21(20)31-22(16)15-27(3)23(30)9-8-18-12-19-14-28(17(2)29)11-10-25-24(19)26-13-18;/h4-9,12-13H,10-11,14-15H2,1-3H3,(H,25,26);1H/b9-8+;. The number of para-hydroxylation sites is 1. The Morgan fingerprint density at radius 1 is 1.31 bits per heavy atom. The maximum absolute atomic E-state index is 12.6. The summed E-state index contributed by atoms with van der Waals surface area (Å²) in [4.78, 5) is 32.3. The Morgan fingerprint density at radius 2 is 2.09 bits per heavy atom. The summed E-state index contributed by atoms with van der Waals surface area (Å²) < 4.78 is 5.92. The Balaban J connectivity index is 0.00000289. The first-order valence-corrected chi connectivity index (χ1v) is 10.3. The molecule has 0 atom stereocenters. The minimum absolute atomic E-state index is 0. The number of rotatable bonds is 4. The van der Waals surface area contributed by atoms with E-state index in [0.29, 0.717) is 26.2 Å². The smallest absolute Gasteiger partial charge is 0.246 e. The van der Waals surface area contributed by atoms with E-state index in [4.69, 9.17) is 4.42 Å². The fourth-order valence-corrected chi connectivity index (χ4v) is 3.73. The van der Waals surface area contributed by atoms with Gasteiger partial charge in [0.2, 0.25) is 11.8 Å². The van der Waals surface area contributed by atoms with E-state index in [1.54, 1.807) is 36.0 Å². The highest BCUT2D eigenvalue weighted by molar-refractivity contribution is 5.91. The first-order valence-electron chi connectivity index (χ1n) is 10.3. The summed E-state index contributed by atoms with van der Waals surface area (Å²) in [5.74, 6) is 1.48. The van der Waals surface area contributed by atoms with E-state index in [2.05, 4.69) is 10.3 Å². The highest BCUT2D eigenvalue weighted by Gasteiger charge is 2.17. The molecule has 0 saturated heterocycles. The van der Waals surface area contributed by atoms with Crippen molar-refractivity contribution in [3.8, 4) is 0 Å². The minimum atomic E-state index is -0.127. The van der Waals surface area contributed by atoms with E-state index in [9.17, 15) is 9.59 Å². The number of hydrogen-bond donors (Lipinski definition) is 1. The van der Waals surface area contributed by atoms with Gasteiger partial charge in [0, 0.05) is 62.4 Å². The van der Waals surface area contributed by atoms with Gasteiger partial charge in [0.25, 0.3) is 0 Å². The van der Waals surface area contributed by atoms with Crippen LogP contribution in [0.4, 0.5) is 5.82 Å². The second-order valence-corrected chi connectivity index (χ2v) is 7.82. The molecule has 1 aromatic carbocycles. The molecule has 2 amide bonds. The minimum Gasteiger partial charge on any atom is -0.459 e. The lowest BCUT2D eigenvalue weighted by atomic mass is 10.1. The van der Waals surface area contributed by atoms with Gasteiger partial charge in [-0.05, 0) is 30.7 Å². The molecular formula is C24H27ClN4O3. The fraction of sp³-hybridized carbons (Fsp3) is 0.292. The van der Waals surface area contributed by atoms with Gasteiger partial charge in [0.1, 0.15) is 17.2 Å². The van der Waals surface area contributed by atoms with Crippen molar-refractivity contribution < 1.29 is 14.0 Å². The number of carbonyl (C=O) groups is 2. The zero-order valence-corrected chi connectivity index (χ0v) is 19.2. The third-order valence-corrected chi connectivity index (χ3v) is 5.59. The van der Waals surface area contributed by atoms with Crippen molar-refractivity contribution in [3.05, 3.63) is 65.1 Å². The number of benzene rings is 1. The van der Waals surface area contributed by atoms with Crippen LogP contribution in [0.3, 0.4) is 0 Å². The molecule has 168 valence electrons. The number of amides is 2. The predicted molar refractivity (Wildman–Crippen MR) is 128 cm³/mol. The highest BCUT2D eigenvalue weighted by atomic mass is 35.5. The number of nitrogens with one attached hydrogen (secondary N) is 1. The number of aromatic nitrogens is 1. The van der Waals surface area contributed by atoms with E-state index in [1.165, 1.54) is 6.08 Å². The number of fused-ring (bicyclic) bond motifs is 2. The van der Waals surface area contributed by atoms with Gasteiger partial charge in [-0.1, -0.05) is 18.2 Å². The molecule has 2 aromatic heterocycles. The lowest BCUT2D eigenvalue weighted by Gasteiger charge is -2.17. The lowest BCUT2D eigenvalue weighted by molar-refractivity contribution is -0.129. The number of aryl methyl sites for hydroxylation is 1. The second-order valence-electron chi connectivity index (χ2n) is 7.82. The van der Waals surface area contributed by atoms with Gasteiger partial charge < -0.3 is 19.5 Å². The third kappa shape index (κ3) is 4.94. The van der Waals surface area contributed by atoms with Crippen molar-refractivity contribution in [2.45, 2.75) is 26.9 Å². The summed E-state index contributed by atoms with van der Waals surface area (Å²) >= 11 is 0. The molecule has 3 aromatic rings. The number of carbonyl (C=O) groups excluding carboxylic acids is 2. The fourth-order valence-electron chi connectivity index (χ4n) is 3.73. The zero-order valence-electron chi connectivity index (χ0n) is 18.4. The number of anilines is 1. The van der Waals surface area contributed by atoms with Gasteiger partial charge in [0.05, 0.1) is 6.54 Å². The van der Waals surface area contributed by atoms with Crippen LogP contribution in [-0.4, -0.2) is 46.7 Å². The van der Waals surface area contributed by atoms with Crippen LogP contribution in [0.1, 0.15) is 29.4 Å². The molecule has 0 unspecified atom stereocenters. The van der Waals surface area contributed by atoms with Gasteiger partial charge >= 0.3 is 0 Å². The van der Waals surface area contributed by atoms with Crippen LogP contribution in [0, 0.1) is 6.92 Å². The maximum atomic E-state index is 12.6. The number of likely N-dealkylation sites (N-methyl/N-ethyl adjacent to an activating group) is 1. The van der Waals surface area contributed by atoms with E-state index in [1.807, 2.05) is 37.3 Å². The summed E-state index contributed by atoms with van der Waals surface area (Å²) in [5, 5.41) is 4.32. The molecule has 0 radical (unpaired) electrons. The molecule has 0 spiro atoms. The number of hydrogen-bond acceptors (Lipinski definition) is 5. The van der Waals surface area contributed by atoms with Crippen LogP contribution in [-0.2, 0) is 22.7 Å². The van der Waals surface area contributed by atoms with Crippen molar-refractivity contribution in [3.63, 3.8) is 0 Å².